The van der Waals surface area contributed by atoms with E-state index in [4.69, 9.17) is 5.73 Å². The van der Waals surface area contributed by atoms with Gasteiger partial charge in [-0.2, -0.15) is 5.10 Å². The standard InChI is InChI=1S/C8H9IN3P/c1-5-2-8-6(3-7(5)10)4-11-12(8)13-9/h2-4,13H,10H2,1H3. The molecule has 0 spiro atoms. The van der Waals surface area contributed by atoms with Crippen LogP contribution in [0.25, 0.3) is 10.9 Å². The van der Waals surface area contributed by atoms with Gasteiger partial charge in [-0.1, -0.05) is 0 Å². The van der Waals surface area contributed by atoms with E-state index < -0.39 is 0 Å². The van der Waals surface area contributed by atoms with Crippen molar-refractivity contribution < 1.29 is 0 Å². The number of anilines is 1. The summed E-state index contributed by atoms with van der Waals surface area (Å²) in [4.78, 5) is 0. The summed E-state index contributed by atoms with van der Waals surface area (Å²) < 4.78 is 1.99. The number of fused-ring (bicyclic) bond motifs is 1. The highest BCUT2D eigenvalue weighted by molar-refractivity contribution is 14.2. The number of hydrogen-bond acceptors (Lipinski definition) is 2. The number of nitrogens with two attached hydrogens (primary N) is 1. The van der Waals surface area contributed by atoms with Crippen LogP contribution in [-0.4, -0.2) is 9.55 Å². The summed E-state index contributed by atoms with van der Waals surface area (Å²) in [5.74, 6) is 0. The van der Waals surface area contributed by atoms with E-state index in [1.165, 1.54) is 5.52 Å². The van der Waals surface area contributed by atoms with Crippen molar-refractivity contribution in [1.29, 1.82) is 0 Å². The molecular formula is C8H9IN3P. The topological polar surface area (TPSA) is 43.8 Å². The predicted octanol–water partition coefficient (Wildman–Crippen LogP) is 2.72. The van der Waals surface area contributed by atoms with E-state index in [9.17, 15) is 0 Å². The molecule has 68 valence electrons. The molecule has 0 bridgehead atoms. The summed E-state index contributed by atoms with van der Waals surface area (Å²) in [7, 11) is 0. The lowest BCUT2D eigenvalue weighted by molar-refractivity contribution is 1.04. The molecule has 0 aliphatic rings. The zero-order chi connectivity index (χ0) is 9.42. The van der Waals surface area contributed by atoms with Crippen LogP contribution in [0.5, 0.6) is 0 Å². The molecule has 1 heterocycles. The fourth-order valence-corrected chi connectivity index (χ4v) is 2.80. The third-order valence-corrected chi connectivity index (χ3v) is 3.92. The van der Waals surface area contributed by atoms with Crippen LogP contribution in [0.2, 0.25) is 0 Å². The number of aryl methyl sites for hydroxylation is 1. The van der Waals surface area contributed by atoms with Crippen molar-refractivity contribution in [3.05, 3.63) is 23.9 Å². The SMILES string of the molecule is Cc1cc2c(cnn2PI)cc1N. The number of hydrogen-bond donors (Lipinski definition) is 1. The van der Waals surface area contributed by atoms with Crippen molar-refractivity contribution in [3.63, 3.8) is 0 Å². The Bertz CT molecular complexity index is 452. The van der Waals surface area contributed by atoms with Gasteiger partial charge in [0.25, 0.3) is 0 Å². The molecule has 0 saturated carbocycles. The Morgan fingerprint density at radius 2 is 2.31 bits per heavy atom. The molecule has 1 aromatic carbocycles. The van der Waals surface area contributed by atoms with Crippen molar-refractivity contribution in [2.45, 2.75) is 6.92 Å². The van der Waals surface area contributed by atoms with Crippen molar-refractivity contribution in [2.75, 3.05) is 5.73 Å². The first kappa shape index (κ1) is 9.21. The van der Waals surface area contributed by atoms with Crippen molar-refractivity contribution >= 4 is 45.0 Å². The molecule has 1 unspecified atom stereocenters. The Kier molecular flexibility index (Phi) is 2.43. The molecule has 1 atom stereocenters. The lowest BCUT2D eigenvalue weighted by Crippen LogP contribution is -1.89. The molecule has 0 saturated heterocycles. The molecule has 0 amide bonds. The van der Waals surface area contributed by atoms with E-state index in [2.05, 4.69) is 33.2 Å². The third kappa shape index (κ3) is 1.53. The summed E-state index contributed by atoms with van der Waals surface area (Å²) >= 11 is 2.32. The van der Waals surface area contributed by atoms with Gasteiger partial charge < -0.3 is 5.73 Å². The molecule has 2 rings (SSSR count). The van der Waals surface area contributed by atoms with E-state index in [0.29, 0.717) is 6.37 Å². The molecular weight excluding hydrogens is 296 g/mol. The second kappa shape index (κ2) is 3.42. The van der Waals surface area contributed by atoms with Gasteiger partial charge in [-0.15, -0.1) is 0 Å². The van der Waals surface area contributed by atoms with Gasteiger partial charge in [0.2, 0.25) is 0 Å². The first-order valence-electron chi connectivity index (χ1n) is 3.83. The highest BCUT2D eigenvalue weighted by Crippen LogP contribution is 2.30. The first-order chi connectivity index (χ1) is 6.22. The van der Waals surface area contributed by atoms with Gasteiger partial charge in [-0.3, -0.25) is 0 Å². The Labute approximate surface area is 91.0 Å². The quantitative estimate of drug-likeness (QED) is 0.500. The minimum absolute atomic E-state index is 0.636. The Balaban J connectivity index is 2.77. The van der Waals surface area contributed by atoms with Crippen LogP contribution < -0.4 is 5.73 Å². The normalized spacial score (nSPS) is 11.8. The number of nitrogen functional groups attached to an aromatic ring is 1. The largest absolute Gasteiger partial charge is 0.398 e. The lowest BCUT2D eigenvalue weighted by atomic mass is 10.1. The first-order valence-corrected chi connectivity index (χ1v) is 7.89. The maximum atomic E-state index is 5.80. The van der Waals surface area contributed by atoms with Crippen molar-refractivity contribution in [1.82, 2.24) is 9.55 Å². The fraction of sp³-hybridized carbons (Fsp3) is 0.125. The molecule has 0 radical (unpaired) electrons. The van der Waals surface area contributed by atoms with Gasteiger partial charge in [-0.25, -0.2) is 4.45 Å². The second-order valence-corrected chi connectivity index (χ2v) is 4.95. The Morgan fingerprint density at radius 1 is 1.54 bits per heavy atom. The average Bonchev–Trinajstić information content (AvgIpc) is 2.48. The summed E-state index contributed by atoms with van der Waals surface area (Å²) in [5.41, 5.74) is 8.92. The summed E-state index contributed by atoms with van der Waals surface area (Å²) in [6.07, 6.45) is 2.49. The molecule has 2 N–H and O–H groups in total. The average molecular weight is 305 g/mol. The molecule has 0 fully saturated rings. The minimum atomic E-state index is 0.636. The van der Waals surface area contributed by atoms with Crippen LogP contribution in [0.4, 0.5) is 5.69 Å². The molecule has 3 nitrogen and oxygen atoms in total. The lowest BCUT2D eigenvalue weighted by Gasteiger charge is -2.01. The fourth-order valence-electron chi connectivity index (χ4n) is 1.26. The van der Waals surface area contributed by atoms with Gasteiger partial charge in [0.1, 0.15) is 0 Å². The summed E-state index contributed by atoms with van der Waals surface area (Å²) in [5, 5.41) is 5.38. The van der Waals surface area contributed by atoms with Gasteiger partial charge in [0, 0.05) is 11.1 Å². The Hall–Kier alpha value is -0.350. The molecule has 1 aromatic heterocycles. The minimum Gasteiger partial charge on any atom is -0.398 e. The highest BCUT2D eigenvalue weighted by Gasteiger charge is 2.03. The van der Waals surface area contributed by atoms with E-state index >= 15 is 0 Å². The zero-order valence-corrected chi connectivity index (χ0v) is 10.2. The van der Waals surface area contributed by atoms with Crippen molar-refractivity contribution in [3.8, 4) is 0 Å². The number of nitrogens with zero attached hydrogens (tertiary/aromatic N) is 2. The maximum Gasteiger partial charge on any atom is 0.0733 e. The van der Waals surface area contributed by atoms with Crippen LogP contribution in [0.1, 0.15) is 5.56 Å². The van der Waals surface area contributed by atoms with Gasteiger partial charge in [-0.05, 0) is 46.7 Å². The van der Waals surface area contributed by atoms with E-state index in [1.807, 2.05) is 23.6 Å². The van der Waals surface area contributed by atoms with Crippen LogP contribution in [-0.2, 0) is 0 Å². The third-order valence-electron chi connectivity index (χ3n) is 2.04. The molecule has 5 heteroatoms. The van der Waals surface area contributed by atoms with E-state index in [0.717, 1.165) is 16.6 Å². The van der Waals surface area contributed by atoms with Crippen LogP contribution in [0.15, 0.2) is 18.3 Å². The van der Waals surface area contributed by atoms with E-state index in [-0.39, 0.29) is 0 Å². The maximum absolute atomic E-state index is 5.80. The molecule has 0 aliphatic heterocycles. The van der Waals surface area contributed by atoms with Gasteiger partial charge >= 0.3 is 0 Å². The number of aromatic nitrogens is 2. The zero-order valence-electron chi connectivity index (χ0n) is 7.08. The molecule has 0 aliphatic carbocycles. The summed E-state index contributed by atoms with van der Waals surface area (Å²) in [6.45, 7) is 2.02. The number of rotatable bonds is 1. The number of halogens is 1. The monoisotopic (exact) mass is 305 g/mol. The number of benzene rings is 1. The second-order valence-electron chi connectivity index (χ2n) is 2.91. The van der Waals surface area contributed by atoms with Gasteiger partial charge in [0.05, 0.1) is 18.1 Å². The van der Waals surface area contributed by atoms with Crippen LogP contribution in [0.3, 0.4) is 0 Å². The molecule has 2 aromatic rings. The summed E-state index contributed by atoms with van der Waals surface area (Å²) in [6, 6.07) is 4.06. The Morgan fingerprint density at radius 3 is 3.00 bits per heavy atom. The predicted molar refractivity (Wildman–Crippen MR) is 66.6 cm³/mol. The molecule has 13 heavy (non-hydrogen) atoms. The van der Waals surface area contributed by atoms with Gasteiger partial charge in [0.15, 0.2) is 0 Å². The van der Waals surface area contributed by atoms with Crippen molar-refractivity contribution in [2.24, 2.45) is 0 Å². The van der Waals surface area contributed by atoms with Crippen LogP contribution >= 0.6 is 28.4 Å². The highest BCUT2D eigenvalue weighted by atomic mass is 127. The van der Waals surface area contributed by atoms with E-state index in [1.54, 1.807) is 0 Å². The smallest absolute Gasteiger partial charge is 0.0733 e. The van der Waals surface area contributed by atoms with Crippen LogP contribution in [0, 0.1) is 6.92 Å².